The molecule has 8 N–H and O–H groups in total. The van der Waals surface area contributed by atoms with Crippen molar-refractivity contribution in [2.75, 3.05) is 13.7 Å². The minimum atomic E-state index is -1.77. The molecule has 0 spiro atoms. The molecule has 3 aliphatic heterocycles. The summed E-state index contributed by atoms with van der Waals surface area (Å²) in [4.78, 5) is 12.9. The van der Waals surface area contributed by atoms with Crippen molar-refractivity contribution in [3.8, 4) is 28.7 Å². The van der Waals surface area contributed by atoms with Gasteiger partial charge in [-0.15, -0.1) is 0 Å². The first-order chi connectivity index (χ1) is 20.4. The number of aliphatic hydroxyl groups is 6. The van der Waals surface area contributed by atoms with E-state index < -0.39 is 85.7 Å². The van der Waals surface area contributed by atoms with E-state index in [0.29, 0.717) is 5.56 Å². The van der Waals surface area contributed by atoms with Crippen molar-refractivity contribution in [2.24, 2.45) is 0 Å². The van der Waals surface area contributed by atoms with E-state index >= 15 is 0 Å². The van der Waals surface area contributed by atoms with Crippen molar-refractivity contribution < 1.29 is 74.1 Å². The fourth-order valence-corrected chi connectivity index (χ4v) is 5.19. The van der Waals surface area contributed by atoms with E-state index in [1.807, 2.05) is 0 Å². The van der Waals surface area contributed by atoms with Gasteiger partial charge in [0.05, 0.1) is 26.2 Å². The van der Waals surface area contributed by atoms with Crippen LogP contribution in [-0.2, 0) is 14.2 Å². The van der Waals surface area contributed by atoms with Crippen LogP contribution in [-0.4, -0.2) is 122 Å². The van der Waals surface area contributed by atoms with Crippen LogP contribution in [0.25, 0.3) is 0 Å². The second-order valence-electron chi connectivity index (χ2n) is 10.6. The number of aliphatic hydroxyl groups excluding tert-OH is 6. The summed E-state index contributed by atoms with van der Waals surface area (Å²) in [5.41, 5.74) is 0.433. The predicted octanol–water partition coefficient (Wildman–Crippen LogP) is -1.16. The molecule has 1 unspecified atom stereocenters. The number of aromatic hydroxyl groups is 2. The number of ether oxygens (including phenoxy) is 6. The van der Waals surface area contributed by atoms with Crippen molar-refractivity contribution in [2.45, 2.75) is 80.9 Å². The Morgan fingerprint density at radius 2 is 1.53 bits per heavy atom. The molecule has 0 aromatic heterocycles. The molecule has 0 bridgehead atoms. The molecule has 236 valence electrons. The number of ketones is 1. The van der Waals surface area contributed by atoms with Gasteiger partial charge >= 0.3 is 0 Å². The summed E-state index contributed by atoms with van der Waals surface area (Å²) in [5, 5.41) is 82.0. The van der Waals surface area contributed by atoms with Crippen LogP contribution in [0.1, 0.15) is 35.4 Å². The van der Waals surface area contributed by atoms with Gasteiger partial charge in [-0.2, -0.15) is 0 Å². The first kappa shape index (κ1) is 31.2. The van der Waals surface area contributed by atoms with Crippen LogP contribution in [0.5, 0.6) is 28.7 Å². The maximum Gasteiger partial charge on any atom is 0.229 e. The van der Waals surface area contributed by atoms with Gasteiger partial charge in [0.25, 0.3) is 0 Å². The highest BCUT2D eigenvalue weighted by atomic mass is 16.7. The molecule has 0 saturated carbocycles. The molecule has 2 aromatic rings. The topological polar surface area (TPSA) is 234 Å². The van der Waals surface area contributed by atoms with Gasteiger partial charge < -0.3 is 69.3 Å². The zero-order valence-corrected chi connectivity index (χ0v) is 23.1. The number of hydrogen-bond donors (Lipinski definition) is 8. The zero-order chi connectivity index (χ0) is 31.2. The fraction of sp³-hybridized carbons (Fsp3) is 0.536. The van der Waals surface area contributed by atoms with Gasteiger partial charge in [-0.3, -0.25) is 4.79 Å². The number of Topliss-reactive ketones (excluding diaryl/α,β-unsaturated/α-hetero) is 1. The van der Waals surface area contributed by atoms with Crippen molar-refractivity contribution in [1.82, 2.24) is 0 Å². The van der Waals surface area contributed by atoms with E-state index in [1.54, 1.807) is 6.07 Å². The normalized spacial score (nSPS) is 36.0. The number of carbonyl (C=O) groups excluding carboxylic acids is 1. The van der Waals surface area contributed by atoms with Crippen molar-refractivity contribution >= 4 is 5.78 Å². The van der Waals surface area contributed by atoms with Crippen LogP contribution < -0.4 is 14.2 Å². The number of phenolic OH excluding ortho intramolecular Hbond substituents is 2. The number of fused-ring (bicyclic) bond motifs is 1. The van der Waals surface area contributed by atoms with E-state index in [2.05, 4.69) is 0 Å². The second kappa shape index (κ2) is 12.4. The Kier molecular flexibility index (Phi) is 8.99. The van der Waals surface area contributed by atoms with E-state index in [1.165, 1.54) is 32.2 Å². The Balaban J connectivity index is 1.31. The number of carbonyl (C=O) groups is 1. The van der Waals surface area contributed by atoms with Crippen LogP contribution in [0.15, 0.2) is 30.3 Å². The third-order valence-corrected chi connectivity index (χ3v) is 7.70. The largest absolute Gasteiger partial charge is 0.507 e. The van der Waals surface area contributed by atoms with Crippen LogP contribution in [0, 0.1) is 0 Å². The lowest BCUT2D eigenvalue weighted by Gasteiger charge is -2.42. The molecule has 43 heavy (non-hydrogen) atoms. The molecular formula is C28H34O15. The minimum Gasteiger partial charge on any atom is -0.507 e. The average molecular weight is 611 g/mol. The molecule has 0 amide bonds. The average Bonchev–Trinajstić information content (AvgIpc) is 2.97. The molecule has 15 nitrogen and oxygen atoms in total. The van der Waals surface area contributed by atoms with E-state index in [-0.39, 0.29) is 35.0 Å². The van der Waals surface area contributed by atoms with E-state index in [9.17, 15) is 45.6 Å². The summed E-state index contributed by atoms with van der Waals surface area (Å²) in [5.74, 6) is -0.966. The Bertz CT molecular complexity index is 1320. The molecule has 2 aromatic carbocycles. The molecule has 2 saturated heterocycles. The number of benzene rings is 2. The smallest absolute Gasteiger partial charge is 0.229 e. The lowest BCUT2D eigenvalue weighted by molar-refractivity contribution is -0.318. The Hall–Kier alpha value is -3.25. The van der Waals surface area contributed by atoms with Gasteiger partial charge in [0.15, 0.2) is 23.6 Å². The van der Waals surface area contributed by atoms with Crippen molar-refractivity contribution in [3.05, 3.63) is 41.5 Å². The van der Waals surface area contributed by atoms with E-state index in [0.717, 1.165) is 6.07 Å². The quantitative estimate of drug-likeness (QED) is 0.185. The maximum atomic E-state index is 12.9. The van der Waals surface area contributed by atoms with Crippen molar-refractivity contribution in [1.29, 1.82) is 0 Å². The Morgan fingerprint density at radius 3 is 2.26 bits per heavy atom. The summed E-state index contributed by atoms with van der Waals surface area (Å²) < 4.78 is 33.3. The third-order valence-electron chi connectivity index (χ3n) is 7.70. The van der Waals surface area contributed by atoms with Gasteiger partial charge in [-0.1, -0.05) is 6.07 Å². The van der Waals surface area contributed by atoms with E-state index in [4.69, 9.17) is 28.4 Å². The SMILES string of the molecule is COc1cc(C2CC(=O)c3c(O)cc(O[C@@H]4O[C@H](CO[C@@H]5O[C@@H](C)[C@H](O)[C@@H](O)[C@H]5O)[C@@H](O)[C@H](O)[C@H]4O)cc3O2)ccc1O. The number of methoxy groups -OCH3 is 1. The lowest BCUT2D eigenvalue weighted by atomic mass is 9.95. The minimum absolute atomic E-state index is 0.0349. The summed E-state index contributed by atoms with van der Waals surface area (Å²) >= 11 is 0. The number of rotatable bonds is 7. The molecule has 15 heteroatoms. The molecule has 3 heterocycles. The molecule has 3 aliphatic rings. The summed E-state index contributed by atoms with van der Waals surface area (Å²) in [6, 6.07) is 6.85. The summed E-state index contributed by atoms with van der Waals surface area (Å²) in [7, 11) is 1.38. The molecule has 0 aliphatic carbocycles. The first-order valence-corrected chi connectivity index (χ1v) is 13.5. The summed E-state index contributed by atoms with van der Waals surface area (Å²) in [6.07, 6.45) is -15.9. The predicted molar refractivity (Wildman–Crippen MR) is 141 cm³/mol. The van der Waals surface area contributed by atoms with Gasteiger partial charge in [-0.05, 0) is 24.6 Å². The van der Waals surface area contributed by atoms with Gasteiger partial charge in [0.2, 0.25) is 6.29 Å². The van der Waals surface area contributed by atoms with Crippen LogP contribution in [0.3, 0.4) is 0 Å². The molecular weight excluding hydrogens is 576 g/mol. The number of phenols is 2. The first-order valence-electron chi connectivity index (χ1n) is 13.5. The highest BCUT2D eigenvalue weighted by molar-refractivity contribution is 6.02. The van der Waals surface area contributed by atoms with Gasteiger partial charge in [0.1, 0.15) is 71.6 Å². The Morgan fingerprint density at radius 1 is 0.837 bits per heavy atom. The highest BCUT2D eigenvalue weighted by Gasteiger charge is 2.47. The van der Waals surface area contributed by atoms with Crippen LogP contribution >= 0.6 is 0 Å². The maximum absolute atomic E-state index is 12.9. The molecule has 2 fully saturated rings. The third kappa shape index (κ3) is 6.08. The fourth-order valence-electron chi connectivity index (χ4n) is 5.19. The molecule has 5 rings (SSSR count). The number of hydrogen-bond acceptors (Lipinski definition) is 15. The van der Waals surface area contributed by atoms with Crippen LogP contribution in [0.4, 0.5) is 0 Å². The lowest BCUT2D eigenvalue weighted by Crippen LogP contribution is -2.61. The standard InChI is InChI=1S/C28H34O15/c1-10-21(32)23(34)25(36)27(40-10)39-9-19-22(33)24(35)26(37)28(43-19)41-12-6-14(30)20-15(31)8-16(42-18(20)7-12)11-3-4-13(29)17(5-11)38-2/h3-7,10,16,19,21-30,32-37H,8-9H2,1-2H3/t10-,16?,19+,21-,22+,23+,24-,25+,26+,27+,28+/m0/s1. The monoisotopic (exact) mass is 610 g/mol. The highest BCUT2D eigenvalue weighted by Crippen LogP contribution is 2.43. The van der Waals surface area contributed by atoms with Gasteiger partial charge in [-0.25, -0.2) is 0 Å². The van der Waals surface area contributed by atoms with Crippen LogP contribution in [0.2, 0.25) is 0 Å². The van der Waals surface area contributed by atoms with Gasteiger partial charge in [0, 0.05) is 12.1 Å². The van der Waals surface area contributed by atoms with Crippen molar-refractivity contribution in [3.63, 3.8) is 0 Å². The molecule has 11 atom stereocenters. The summed E-state index contributed by atoms with van der Waals surface area (Å²) in [6.45, 7) is 0.966. The second-order valence-corrected chi connectivity index (χ2v) is 10.6. The zero-order valence-electron chi connectivity index (χ0n) is 23.1. The molecule has 0 radical (unpaired) electrons. The Labute approximate surface area is 245 Å².